The molecule has 1 saturated carbocycles. The Balaban J connectivity index is 0.000000289. The van der Waals surface area contributed by atoms with E-state index in [0.29, 0.717) is 0 Å². The highest BCUT2D eigenvalue weighted by molar-refractivity contribution is 4.67. The zero-order chi connectivity index (χ0) is 13.8. The standard InChI is InChI=1S/C7H16N2.C7H14.C2H6/c1-3-9-6-4-8(2)5-7-9;1-7-5-3-2-4-6-7;1-2/h3-7H2,1-2H3;7H,2-6H2,1H3;1-2H3. The van der Waals surface area contributed by atoms with Crippen LogP contribution in [0.5, 0.6) is 0 Å². The van der Waals surface area contributed by atoms with Gasteiger partial charge in [0.25, 0.3) is 0 Å². The lowest BCUT2D eigenvalue weighted by atomic mass is 9.91. The van der Waals surface area contributed by atoms with Crippen LogP contribution < -0.4 is 0 Å². The highest BCUT2D eigenvalue weighted by Gasteiger charge is 2.10. The summed E-state index contributed by atoms with van der Waals surface area (Å²) in [6.45, 7) is 14.8. The molecule has 18 heavy (non-hydrogen) atoms. The molecule has 1 aliphatic carbocycles. The van der Waals surface area contributed by atoms with Crippen LogP contribution in [0.15, 0.2) is 0 Å². The first-order chi connectivity index (χ1) is 8.72. The van der Waals surface area contributed by atoms with E-state index in [1.54, 1.807) is 0 Å². The normalized spacial score (nSPS) is 22.5. The molecular weight excluding hydrogens is 220 g/mol. The summed E-state index contributed by atoms with van der Waals surface area (Å²) in [5, 5.41) is 0. The molecule has 1 heterocycles. The van der Waals surface area contributed by atoms with E-state index in [1.165, 1.54) is 64.8 Å². The number of rotatable bonds is 1. The van der Waals surface area contributed by atoms with Crippen LogP contribution >= 0.6 is 0 Å². The first-order valence-corrected chi connectivity index (χ1v) is 8.13. The summed E-state index contributed by atoms with van der Waals surface area (Å²) in [7, 11) is 2.19. The molecule has 2 fully saturated rings. The number of hydrogen-bond acceptors (Lipinski definition) is 2. The van der Waals surface area contributed by atoms with Crippen molar-refractivity contribution in [2.75, 3.05) is 39.8 Å². The molecule has 0 amide bonds. The molecule has 2 rings (SSSR count). The summed E-state index contributed by atoms with van der Waals surface area (Å²) in [5.74, 6) is 1.04. The first-order valence-electron chi connectivity index (χ1n) is 8.13. The van der Waals surface area contributed by atoms with Crippen molar-refractivity contribution < 1.29 is 0 Å². The average Bonchev–Trinajstić information content (AvgIpc) is 2.43. The van der Waals surface area contributed by atoms with Gasteiger partial charge in [0, 0.05) is 26.2 Å². The smallest absolute Gasteiger partial charge is 0.0110 e. The second-order valence-corrected chi connectivity index (χ2v) is 5.48. The molecule has 0 N–H and O–H groups in total. The Bertz CT molecular complexity index is 156. The van der Waals surface area contributed by atoms with Crippen LogP contribution in [-0.4, -0.2) is 49.6 Å². The van der Waals surface area contributed by atoms with Crippen molar-refractivity contribution in [1.29, 1.82) is 0 Å². The molecule has 0 unspecified atom stereocenters. The minimum Gasteiger partial charge on any atom is -0.304 e. The van der Waals surface area contributed by atoms with Crippen LogP contribution in [0.3, 0.4) is 0 Å². The number of piperazine rings is 1. The van der Waals surface area contributed by atoms with Crippen LogP contribution in [-0.2, 0) is 0 Å². The molecule has 0 spiro atoms. The Hall–Kier alpha value is -0.0800. The molecule has 2 nitrogen and oxygen atoms in total. The maximum absolute atomic E-state index is 2.49. The Kier molecular flexibility index (Phi) is 11.9. The molecule has 2 aliphatic rings. The van der Waals surface area contributed by atoms with Crippen molar-refractivity contribution in [3.63, 3.8) is 0 Å². The van der Waals surface area contributed by atoms with Gasteiger partial charge in [-0.05, 0) is 19.5 Å². The molecule has 0 atom stereocenters. The van der Waals surface area contributed by atoms with Crippen LogP contribution in [0.1, 0.15) is 59.8 Å². The maximum atomic E-state index is 2.49. The lowest BCUT2D eigenvalue weighted by Crippen LogP contribution is -2.44. The molecule has 1 saturated heterocycles. The van der Waals surface area contributed by atoms with E-state index in [2.05, 4.69) is 30.7 Å². The summed E-state index contributed by atoms with van der Waals surface area (Å²) in [4.78, 5) is 4.87. The lowest BCUT2D eigenvalue weighted by Gasteiger charge is -2.31. The van der Waals surface area contributed by atoms with Gasteiger partial charge in [0.05, 0.1) is 0 Å². The van der Waals surface area contributed by atoms with E-state index in [-0.39, 0.29) is 0 Å². The largest absolute Gasteiger partial charge is 0.304 e. The average molecular weight is 256 g/mol. The minimum atomic E-state index is 1.04. The molecule has 0 aromatic carbocycles. The van der Waals surface area contributed by atoms with Gasteiger partial charge in [-0.15, -0.1) is 0 Å². The Labute approximate surface area is 116 Å². The lowest BCUT2D eigenvalue weighted by molar-refractivity contribution is 0.160. The van der Waals surface area contributed by atoms with Crippen LogP contribution in [0.25, 0.3) is 0 Å². The third-order valence-electron chi connectivity index (χ3n) is 3.94. The Morgan fingerprint density at radius 2 is 1.39 bits per heavy atom. The second kappa shape index (κ2) is 12.0. The topological polar surface area (TPSA) is 6.48 Å². The SMILES string of the molecule is CC.CC1CCCCC1.CCN1CCN(C)CC1. The number of likely N-dealkylation sites (N-methyl/N-ethyl adjacent to an activating group) is 2. The summed E-state index contributed by atoms with van der Waals surface area (Å²) in [5.41, 5.74) is 0. The van der Waals surface area contributed by atoms with Crippen LogP contribution in [0.2, 0.25) is 0 Å². The fourth-order valence-electron chi connectivity index (χ4n) is 2.47. The van der Waals surface area contributed by atoms with Crippen molar-refractivity contribution in [2.24, 2.45) is 5.92 Å². The molecule has 0 bridgehead atoms. The van der Waals surface area contributed by atoms with Crippen LogP contribution in [0.4, 0.5) is 0 Å². The van der Waals surface area contributed by atoms with Crippen molar-refractivity contribution in [3.8, 4) is 0 Å². The quantitative estimate of drug-likeness (QED) is 0.703. The summed E-state index contributed by atoms with van der Waals surface area (Å²) in [6.07, 6.45) is 7.44. The third-order valence-corrected chi connectivity index (χ3v) is 3.94. The zero-order valence-electron chi connectivity index (χ0n) is 13.5. The minimum absolute atomic E-state index is 1.04. The second-order valence-electron chi connectivity index (χ2n) is 5.48. The molecule has 1 aliphatic heterocycles. The van der Waals surface area contributed by atoms with Crippen molar-refractivity contribution in [3.05, 3.63) is 0 Å². The van der Waals surface area contributed by atoms with Gasteiger partial charge in [0.2, 0.25) is 0 Å². The monoisotopic (exact) mass is 256 g/mol. The van der Waals surface area contributed by atoms with Gasteiger partial charge in [-0.1, -0.05) is 59.8 Å². The molecular formula is C16H36N2. The predicted octanol–water partition coefficient (Wildman–Crippen LogP) is 3.87. The van der Waals surface area contributed by atoms with Gasteiger partial charge in [-0.3, -0.25) is 0 Å². The molecule has 0 radical (unpaired) electrons. The molecule has 0 aromatic heterocycles. The number of nitrogens with zero attached hydrogens (tertiary/aromatic N) is 2. The van der Waals surface area contributed by atoms with E-state index < -0.39 is 0 Å². The van der Waals surface area contributed by atoms with E-state index in [0.717, 1.165) is 5.92 Å². The molecule has 0 aromatic rings. The maximum Gasteiger partial charge on any atom is 0.0110 e. The fraction of sp³-hybridized carbons (Fsp3) is 1.00. The van der Waals surface area contributed by atoms with E-state index in [9.17, 15) is 0 Å². The first kappa shape index (κ1) is 17.9. The molecule has 2 heteroatoms. The van der Waals surface area contributed by atoms with E-state index in [1.807, 2.05) is 13.8 Å². The third kappa shape index (κ3) is 8.93. The zero-order valence-corrected chi connectivity index (χ0v) is 13.5. The Morgan fingerprint density at radius 1 is 0.889 bits per heavy atom. The highest BCUT2D eigenvalue weighted by Crippen LogP contribution is 2.22. The summed E-state index contributed by atoms with van der Waals surface area (Å²) >= 11 is 0. The van der Waals surface area contributed by atoms with Crippen LogP contribution in [0, 0.1) is 5.92 Å². The van der Waals surface area contributed by atoms with Gasteiger partial charge in [-0.2, -0.15) is 0 Å². The van der Waals surface area contributed by atoms with Crippen molar-refractivity contribution in [1.82, 2.24) is 9.80 Å². The van der Waals surface area contributed by atoms with Crippen molar-refractivity contribution in [2.45, 2.75) is 59.8 Å². The highest BCUT2D eigenvalue weighted by atomic mass is 15.2. The van der Waals surface area contributed by atoms with E-state index >= 15 is 0 Å². The molecule has 110 valence electrons. The van der Waals surface area contributed by atoms with Gasteiger partial charge >= 0.3 is 0 Å². The van der Waals surface area contributed by atoms with Gasteiger partial charge < -0.3 is 9.80 Å². The van der Waals surface area contributed by atoms with Gasteiger partial charge in [0.1, 0.15) is 0 Å². The van der Waals surface area contributed by atoms with Gasteiger partial charge in [0.15, 0.2) is 0 Å². The predicted molar refractivity (Wildman–Crippen MR) is 83.2 cm³/mol. The van der Waals surface area contributed by atoms with Gasteiger partial charge in [-0.25, -0.2) is 0 Å². The fourth-order valence-corrected chi connectivity index (χ4v) is 2.47. The summed E-state index contributed by atoms with van der Waals surface area (Å²) < 4.78 is 0. The number of hydrogen-bond donors (Lipinski definition) is 0. The Morgan fingerprint density at radius 3 is 1.72 bits per heavy atom. The van der Waals surface area contributed by atoms with Crippen molar-refractivity contribution >= 4 is 0 Å². The van der Waals surface area contributed by atoms with E-state index in [4.69, 9.17) is 0 Å². The summed E-state index contributed by atoms with van der Waals surface area (Å²) in [6, 6.07) is 0.